The second-order valence-corrected chi connectivity index (χ2v) is 8.04. The zero-order chi connectivity index (χ0) is 16.5. The monoisotopic (exact) mass is 346 g/mol. The highest BCUT2D eigenvalue weighted by atomic mass is 35.5. The predicted molar refractivity (Wildman–Crippen MR) is 83.8 cm³/mol. The SMILES string of the molecule is CN(C)CC1CCN(S(=O)(=O)c2ccc(C(=O)O)cc2Cl)C1. The molecule has 1 saturated heterocycles. The van der Waals surface area contributed by atoms with Crippen LogP contribution in [0.15, 0.2) is 23.1 Å². The van der Waals surface area contributed by atoms with Crippen LogP contribution in [0.5, 0.6) is 0 Å². The standard InChI is InChI=1S/C14H19ClN2O4S/c1-16(2)8-10-5-6-17(9-10)22(20,21)13-4-3-11(14(18)19)7-12(13)15/h3-4,7,10H,5-6,8-9H2,1-2H3,(H,18,19). The highest BCUT2D eigenvalue weighted by Gasteiger charge is 2.34. The summed E-state index contributed by atoms with van der Waals surface area (Å²) >= 11 is 5.98. The van der Waals surface area contributed by atoms with E-state index in [0.717, 1.165) is 13.0 Å². The Balaban J connectivity index is 2.23. The van der Waals surface area contributed by atoms with Crippen LogP contribution < -0.4 is 0 Å². The summed E-state index contributed by atoms with van der Waals surface area (Å²) in [5.74, 6) is -0.847. The Labute approximate surface area is 135 Å². The molecule has 6 nitrogen and oxygen atoms in total. The molecule has 0 spiro atoms. The van der Waals surface area contributed by atoms with Crippen LogP contribution in [-0.2, 0) is 10.0 Å². The van der Waals surface area contributed by atoms with E-state index in [0.29, 0.717) is 19.0 Å². The molecular weight excluding hydrogens is 328 g/mol. The van der Waals surface area contributed by atoms with Crippen molar-refractivity contribution in [3.8, 4) is 0 Å². The molecule has 1 N–H and O–H groups in total. The molecule has 0 saturated carbocycles. The van der Waals surface area contributed by atoms with Crippen molar-refractivity contribution in [2.24, 2.45) is 5.92 Å². The van der Waals surface area contributed by atoms with Crippen LogP contribution in [-0.4, -0.2) is 62.4 Å². The van der Waals surface area contributed by atoms with Gasteiger partial charge in [-0.05, 0) is 44.6 Å². The van der Waals surface area contributed by atoms with Crippen molar-refractivity contribution in [2.45, 2.75) is 11.3 Å². The Bertz CT molecular complexity index is 675. The Morgan fingerprint density at radius 2 is 2.14 bits per heavy atom. The van der Waals surface area contributed by atoms with E-state index in [2.05, 4.69) is 0 Å². The van der Waals surface area contributed by atoms with Crippen molar-refractivity contribution < 1.29 is 18.3 Å². The summed E-state index contributed by atoms with van der Waals surface area (Å²) in [6, 6.07) is 3.69. The first-order chi connectivity index (χ1) is 10.2. The number of carboxylic acids is 1. The summed E-state index contributed by atoms with van der Waals surface area (Å²) in [5.41, 5.74) is -0.0316. The number of benzene rings is 1. The molecule has 0 radical (unpaired) electrons. The minimum Gasteiger partial charge on any atom is -0.478 e. The predicted octanol–water partition coefficient (Wildman–Crippen LogP) is 1.61. The first kappa shape index (κ1) is 17.2. The number of hydrogen-bond donors (Lipinski definition) is 1. The molecular formula is C14H19ClN2O4S. The van der Waals surface area contributed by atoms with Crippen LogP contribution in [0, 0.1) is 5.92 Å². The highest BCUT2D eigenvalue weighted by Crippen LogP contribution is 2.29. The van der Waals surface area contributed by atoms with Crippen LogP contribution in [0.2, 0.25) is 5.02 Å². The van der Waals surface area contributed by atoms with Crippen molar-refractivity contribution in [3.05, 3.63) is 28.8 Å². The van der Waals surface area contributed by atoms with Gasteiger partial charge in [0.25, 0.3) is 0 Å². The Kier molecular flexibility index (Phi) is 5.11. The number of carbonyl (C=O) groups is 1. The van der Waals surface area contributed by atoms with Gasteiger partial charge in [0.1, 0.15) is 4.90 Å². The Hall–Kier alpha value is -1.15. The van der Waals surface area contributed by atoms with Crippen molar-refractivity contribution >= 4 is 27.6 Å². The van der Waals surface area contributed by atoms with Crippen LogP contribution >= 0.6 is 11.6 Å². The lowest BCUT2D eigenvalue weighted by atomic mass is 10.1. The second-order valence-electron chi connectivity index (χ2n) is 5.73. The zero-order valence-corrected chi connectivity index (χ0v) is 14.1. The third-order valence-corrected chi connectivity index (χ3v) is 6.02. The molecule has 1 aliphatic rings. The molecule has 1 aromatic carbocycles. The molecule has 1 aromatic rings. The van der Waals surface area contributed by atoms with Gasteiger partial charge in [-0.2, -0.15) is 4.31 Å². The van der Waals surface area contributed by atoms with E-state index in [9.17, 15) is 13.2 Å². The average molecular weight is 347 g/mol. The average Bonchev–Trinajstić information content (AvgIpc) is 2.86. The molecule has 1 heterocycles. The summed E-state index contributed by atoms with van der Waals surface area (Å²) in [4.78, 5) is 12.9. The lowest BCUT2D eigenvalue weighted by Crippen LogP contribution is -2.31. The van der Waals surface area contributed by atoms with Gasteiger partial charge >= 0.3 is 5.97 Å². The van der Waals surface area contributed by atoms with Gasteiger partial charge in [0, 0.05) is 19.6 Å². The summed E-state index contributed by atoms with van der Waals surface area (Å²) < 4.78 is 26.7. The number of hydrogen-bond acceptors (Lipinski definition) is 4. The summed E-state index contributed by atoms with van der Waals surface area (Å²) in [6.45, 7) is 1.74. The van der Waals surface area contributed by atoms with Crippen LogP contribution in [0.25, 0.3) is 0 Å². The van der Waals surface area contributed by atoms with Crippen molar-refractivity contribution in [1.29, 1.82) is 0 Å². The molecule has 1 aliphatic heterocycles. The number of aromatic carboxylic acids is 1. The van der Waals surface area contributed by atoms with E-state index in [4.69, 9.17) is 16.7 Å². The maximum Gasteiger partial charge on any atom is 0.335 e. The minimum absolute atomic E-state index is 0.0316. The van der Waals surface area contributed by atoms with E-state index in [1.165, 1.54) is 22.5 Å². The van der Waals surface area contributed by atoms with Gasteiger partial charge in [0.2, 0.25) is 10.0 Å². The molecule has 0 bridgehead atoms. The zero-order valence-electron chi connectivity index (χ0n) is 12.5. The first-order valence-corrected chi connectivity index (χ1v) is 8.71. The lowest BCUT2D eigenvalue weighted by molar-refractivity contribution is 0.0696. The van der Waals surface area contributed by atoms with Gasteiger partial charge in [-0.25, -0.2) is 13.2 Å². The van der Waals surface area contributed by atoms with Crippen molar-refractivity contribution in [3.63, 3.8) is 0 Å². The number of sulfonamides is 1. The van der Waals surface area contributed by atoms with Gasteiger partial charge in [-0.3, -0.25) is 0 Å². The third kappa shape index (κ3) is 3.60. The number of rotatable bonds is 5. The normalized spacial score (nSPS) is 19.7. The first-order valence-electron chi connectivity index (χ1n) is 6.89. The topological polar surface area (TPSA) is 77.9 Å². The van der Waals surface area contributed by atoms with Crippen LogP contribution in [0.1, 0.15) is 16.8 Å². The van der Waals surface area contributed by atoms with E-state index in [-0.39, 0.29) is 15.5 Å². The van der Waals surface area contributed by atoms with E-state index >= 15 is 0 Å². The maximum absolute atomic E-state index is 12.6. The molecule has 0 aliphatic carbocycles. The van der Waals surface area contributed by atoms with Gasteiger partial charge in [-0.15, -0.1) is 0 Å². The molecule has 2 rings (SSSR count). The van der Waals surface area contributed by atoms with Crippen molar-refractivity contribution in [2.75, 3.05) is 33.7 Å². The molecule has 0 amide bonds. The molecule has 1 atom stereocenters. The quantitative estimate of drug-likeness (QED) is 0.876. The second kappa shape index (κ2) is 6.54. The number of carboxylic acid groups (broad SMARTS) is 1. The molecule has 1 fully saturated rings. The fourth-order valence-electron chi connectivity index (χ4n) is 2.66. The van der Waals surface area contributed by atoms with E-state index < -0.39 is 16.0 Å². The summed E-state index contributed by atoms with van der Waals surface area (Å²) in [6.07, 6.45) is 0.808. The van der Waals surface area contributed by atoms with Gasteiger partial charge in [-0.1, -0.05) is 11.6 Å². The van der Waals surface area contributed by atoms with Crippen LogP contribution in [0.4, 0.5) is 0 Å². The minimum atomic E-state index is -3.69. The summed E-state index contributed by atoms with van der Waals surface area (Å²) in [7, 11) is 0.223. The maximum atomic E-state index is 12.6. The molecule has 1 unspecified atom stereocenters. The third-order valence-electron chi connectivity index (χ3n) is 3.67. The molecule has 122 valence electrons. The largest absolute Gasteiger partial charge is 0.478 e. The fourth-order valence-corrected chi connectivity index (χ4v) is 4.71. The lowest BCUT2D eigenvalue weighted by Gasteiger charge is -2.19. The van der Waals surface area contributed by atoms with E-state index in [1.807, 2.05) is 19.0 Å². The molecule has 0 aromatic heterocycles. The van der Waals surface area contributed by atoms with Gasteiger partial charge in [0.15, 0.2) is 0 Å². The van der Waals surface area contributed by atoms with Crippen LogP contribution in [0.3, 0.4) is 0 Å². The van der Waals surface area contributed by atoms with E-state index in [1.54, 1.807) is 0 Å². The Morgan fingerprint density at radius 1 is 1.45 bits per heavy atom. The smallest absolute Gasteiger partial charge is 0.335 e. The van der Waals surface area contributed by atoms with Gasteiger partial charge in [0.05, 0.1) is 10.6 Å². The fraction of sp³-hybridized carbons (Fsp3) is 0.500. The highest BCUT2D eigenvalue weighted by molar-refractivity contribution is 7.89. The molecule has 22 heavy (non-hydrogen) atoms. The Morgan fingerprint density at radius 3 is 2.68 bits per heavy atom. The molecule has 8 heteroatoms. The van der Waals surface area contributed by atoms with Crippen molar-refractivity contribution in [1.82, 2.24) is 9.21 Å². The van der Waals surface area contributed by atoms with Gasteiger partial charge < -0.3 is 10.0 Å². The number of halogens is 1. The number of nitrogens with zero attached hydrogens (tertiary/aromatic N) is 2. The summed E-state index contributed by atoms with van der Waals surface area (Å²) in [5, 5.41) is 8.85.